The third-order valence-electron chi connectivity index (χ3n) is 9.12. The van der Waals surface area contributed by atoms with Crippen LogP contribution >= 0.6 is 21.4 Å². The highest BCUT2D eigenvalue weighted by Crippen LogP contribution is 2.86. The number of nitrogens with one attached hydrogen (secondary N) is 1. The zero-order chi connectivity index (χ0) is 34.5. The summed E-state index contributed by atoms with van der Waals surface area (Å²) in [5, 5.41) is 6.35. The van der Waals surface area contributed by atoms with Gasteiger partial charge < -0.3 is 19.0 Å². The molecule has 0 saturated heterocycles. The van der Waals surface area contributed by atoms with Crippen LogP contribution in [0.4, 0.5) is 5.69 Å². The Labute approximate surface area is 294 Å². The van der Waals surface area contributed by atoms with Crippen molar-refractivity contribution in [3.63, 3.8) is 0 Å². The number of anilines is 1. The van der Waals surface area contributed by atoms with Crippen LogP contribution in [0.5, 0.6) is 0 Å². The molecule has 7 aromatic rings. The Hall–Kier alpha value is -4.97. The van der Waals surface area contributed by atoms with Crippen LogP contribution in [0.3, 0.4) is 0 Å². The van der Waals surface area contributed by atoms with Crippen molar-refractivity contribution in [2.24, 2.45) is 0 Å². The number of rotatable bonds is 11. The fraction of sp³-hybridized carbons (Fsp3) is 0.0233. The lowest BCUT2D eigenvalue weighted by molar-refractivity contribution is 0.561. The van der Waals surface area contributed by atoms with E-state index in [1.165, 1.54) is 0 Å². The summed E-state index contributed by atoms with van der Waals surface area (Å²) in [5.74, 6) is 0. The molecular formula is C43H36NO3P3. The van der Waals surface area contributed by atoms with Crippen LogP contribution < -0.4 is 37.1 Å². The van der Waals surface area contributed by atoms with Crippen molar-refractivity contribution in [3.8, 4) is 0 Å². The predicted molar refractivity (Wildman–Crippen MR) is 212 cm³/mol. The van der Waals surface area contributed by atoms with E-state index >= 15 is 13.7 Å². The van der Waals surface area contributed by atoms with E-state index in [1.807, 2.05) is 212 Å². The molecule has 0 unspecified atom stereocenters. The van der Waals surface area contributed by atoms with Crippen LogP contribution in [-0.4, -0.2) is 4.76 Å². The molecule has 0 bridgehead atoms. The molecule has 0 spiro atoms. The van der Waals surface area contributed by atoms with Gasteiger partial charge in [-0.1, -0.05) is 200 Å². The molecule has 0 radical (unpaired) electrons. The van der Waals surface area contributed by atoms with Gasteiger partial charge in [-0.15, -0.1) is 0 Å². The highest BCUT2D eigenvalue weighted by atomic mass is 31.3. The fourth-order valence-corrected chi connectivity index (χ4v) is 23.3. The smallest absolute Gasteiger partial charge is 0.221 e. The molecule has 7 aromatic carbocycles. The third-order valence-corrected chi connectivity index (χ3v) is 23.3. The minimum Gasteiger partial charge on any atom is -0.359 e. The average Bonchev–Trinajstić information content (AvgIpc) is 3.21. The van der Waals surface area contributed by atoms with Crippen molar-refractivity contribution in [2.75, 3.05) is 5.32 Å². The van der Waals surface area contributed by atoms with Crippen LogP contribution in [-0.2, 0) is 13.7 Å². The Morgan fingerprint density at radius 1 is 0.280 bits per heavy atom. The SMILES string of the molecule is O=P(c1ccccc1)(c1ccccc1)C(Nc1ccccc1)(P(=O)(c1ccccc1)c1ccccc1)P(=O)(c1ccccc1)c1ccccc1. The van der Waals surface area contributed by atoms with Gasteiger partial charge in [0.2, 0.25) is 4.76 Å². The normalized spacial score (nSPS) is 12.2. The van der Waals surface area contributed by atoms with Gasteiger partial charge in [0.1, 0.15) is 0 Å². The van der Waals surface area contributed by atoms with Crippen LogP contribution in [0.25, 0.3) is 0 Å². The molecule has 7 rings (SSSR count). The summed E-state index contributed by atoms with van der Waals surface area (Å²) in [7, 11) is -13.1. The standard InChI is InChI=1S/C43H36NO3P3/c45-48(37-24-10-2-11-25-37,38-26-12-3-13-27-38)43(44-36-22-8-1-9-23-36,49(46,39-28-14-4-15-29-39)40-30-16-5-17-31-40)50(47,41-32-18-6-19-33-41)42-34-20-7-21-35-42/h1-35,44H. The van der Waals surface area contributed by atoms with Gasteiger partial charge in [-0.2, -0.15) is 0 Å². The van der Waals surface area contributed by atoms with Crippen molar-refractivity contribution in [1.29, 1.82) is 0 Å². The molecule has 0 saturated carbocycles. The summed E-state index contributed by atoms with van der Waals surface area (Å²) >= 11 is 0. The first-order valence-corrected chi connectivity index (χ1v) is 21.6. The van der Waals surface area contributed by atoms with Crippen molar-refractivity contribution in [2.45, 2.75) is 4.76 Å². The molecule has 50 heavy (non-hydrogen) atoms. The van der Waals surface area contributed by atoms with Gasteiger partial charge in [0.05, 0.1) is 0 Å². The Balaban J connectivity index is 1.83. The summed E-state index contributed by atoms with van der Waals surface area (Å²) in [5.41, 5.74) is 0.541. The lowest BCUT2D eigenvalue weighted by Crippen LogP contribution is -2.52. The molecule has 246 valence electrons. The lowest BCUT2D eigenvalue weighted by atomic mass is 10.3. The second-order valence-electron chi connectivity index (χ2n) is 12.0. The van der Waals surface area contributed by atoms with E-state index in [2.05, 4.69) is 5.32 Å². The first-order chi connectivity index (χ1) is 24.5. The van der Waals surface area contributed by atoms with Crippen molar-refractivity contribution >= 4 is 58.9 Å². The Morgan fingerprint density at radius 2 is 0.460 bits per heavy atom. The molecule has 0 atom stereocenters. The largest absolute Gasteiger partial charge is 0.359 e. The molecule has 4 nitrogen and oxygen atoms in total. The quantitative estimate of drug-likeness (QED) is 0.137. The Morgan fingerprint density at radius 3 is 0.660 bits per heavy atom. The van der Waals surface area contributed by atoms with Gasteiger partial charge in [0, 0.05) is 37.5 Å². The van der Waals surface area contributed by atoms with Gasteiger partial charge in [0.15, 0.2) is 21.4 Å². The van der Waals surface area contributed by atoms with Crippen molar-refractivity contribution in [1.82, 2.24) is 0 Å². The van der Waals surface area contributed by atoms with Gasteiger partial charge >= 0.3 is 0 Å². The molecule has 7 heteroatoms. The van der Waals surface area contributed by atoms with Crippen LogP contribution in [0, 0.1) is 0 Å². The third kappa shape index (κ3) is 5.37. The molecule has 0 heterocycles. The first-order valence-electron chi connectivity index (χ1n) is 16.4. The monoisotopic (exact) mass is 707 g/mol. The van der Waals surface area contributed by atoms with Gasteiger partial charge in [-0.25, -0.2) is 0 Å². The van der Waals surface area contributed by atoms with Crippen molar-refractivity contribution in [3.05, 3.63) is 212 Å². The topological polar surface area (TPSA) is 63.2 Å². The van der Waals surface area contributed by atoms with E-state index in [-0.39, 0.29) is 0 Å². The van der Waals surface area contributed by atoms with E-state index in [9.17, 15) is 0 Å². The maximum absolute atomic E-state index is 17.6. The Kier molecular flexibility index (Phi) is 9.46. The molecule has 0 aliphatic rings. The predicted octanol–water partition coefficient (Wildman–Crippen LogP) is 8.75. The van der Waals surface area contributed by atoms with E-state index < -0.39 is 26.2 Å². The zero-order valence-electron chi connectivity index (χ0n) is 27.3. The van der Waals surface area contributed by atoms with Gasteiger partial charge in [-0.3, -0.25) is 0 Å². The van der Waals surface area contributed by atoms with Crippen LogP contribution in [0.1, 0.15) is 0 Å². The number of para-hydroxylation sites is 1. The van der Waals surface area contributed by atoms with E-state index in [4.69, 9.17) is 0 Å². The second-order valence-corrected chi connectivity index (χ2v) is 21.8. The summed E-state index contributed by atoms with van der Waals surface area (Å²) in [4.78, 5) is 0. The van der Waals surface area contributed by atoms with Gasteiger partial charge in [0.25, 0.3) is 0 Å². The Bertz CT molecular complexity index is 1940. The molecule has 0 aromatic heterocycles. The number of benzene rings is 7. The summed E-state index contributed by atoms with van der Waals surface area (Å²) in [6.45, 7) is 0. The van der Waals surface area contributed by atoms with E-state index in [0.717, 1.165) is 0 Å². The summed E-state index contributed by atoms with van der Waals surface area (Å²) < 4.78 is 50.7. The first kappa shape index (κ1) is 33.5. The molecule has 0 fully saturated rings. The van der Waals surface area contributed by atoms with Crippen molar-refractivity contribution < 1.29 is 13.7 Å². The molecule has 0 amide bonds. The molecule has 1 N–H and O–H groups in total. The summed E-state index contributed by atoms with van der Waals surface area (Å²) in [6.07, 6.45) is 0. The summed E-state index contributed by atoms with van der Waals surface area (Å²) in [6, 6.07) is 64.4. The number of hydrogen-bond acceptors (Lipinski definition) is 4. The molecule has 0 aliphatic carbocycles. The second kappa shape index (κ2) is 14.1. The molecular weight excluding hydrogens is 671 g/mol. The van der Waals surface area contributed by atoms with Crippen LogP contribution in [0.15, 0.2) is 212 Å². The molecule has 0 aliphatic heterocycles. The highest BCUT2D eigenvalue weighted by molar-refractivity contribution is 8.11. The number of hydrogen-bond donors (Lipinski definition) is 1. The zero-order valence-corrected chi connectivity index (χ0v) is 30.0. The lowest BCUT2D eigenvalue weighted by Gasteiger charge is -2.51. The average molecular weight is 708 g/mol. The van der Waals surface area contributed by atoms with E-state index in [1.54, 1.807) is 0 Å². The fourth-order valence-electron chi connectivity index (χ4n) is 6.90. The maximum atomic E-state index is 17.6. The minimum absolute atomic E-state index is 0.439. The van der Waals surface area contributed by atoms with Gasteiger partial charge in [-0.05, 0) is 12.1 Å². The minimum atomic E-state index is -4.37. The highest BCUT2D eigenvalue weighted by Gasteiger charge is 2.72. The maximum Gasteiger partial charge on any atom is 0.221 e. The van der Waals surface area contributed by atoms with E-state index in [0.29, 0.717) is 37.5 Å². The van der Waals surface area contributed by atoms with Crippen LogP contribution in [0.2, 0.25) is 0 Å².